The molecule has 0 aliphatic carbocycles. The van der Waals surface area contributed by atoms with Crippen LogP contribution in [0.4, 0.5) is 5.13 Å². The smallest absolute Gasteiger partial charge is 0.268 e. The highest BCUT2D eigenvalue weighted by atomic mass is 32.1. The van der Waals surface area contributed by atoms with Gasteiger partial charge in [-0.1, -0.05) is 59.9 Å². The predicted octanol–water partition coefficient (Wildman–Crippen LogP) is 5.82. The number of rotatable bonds is 8. The number of hydrogen-bond acceptors (Lipinski definition) is 6. The number of carbonyl (C=O) groups excluding carboxylic acids is 1. The lowest BCUT2D eigenvalue weighted by Gasteiger charge is -2.13. The van der Waals surface area contributed by atoms with E-state index in [9.17, 15) is 10.1 Å². The van der Waals surface area contributed by atoms with Gasteiger partial charge in [-0.2, -0.15) is 5.26 Å². The number of nitriles is 1. The predicted molar refractivity (Wildman–Crippen MR) is 130 cm³/mol. The summed E-state index contributed by atoms with van der Waals surface area (Å²) in [5, 5.41) is 12.7. The average Bonchev–Trinajstić information content (AvgIpc) is 3.25. The van der Waals surface area contributed by atoms with Crippen molar-refractivity contribution in [3.05, 3.63) is 89.5 Å². The van der Waals surface area contributed by atoms with Crippen LogP contribution in [-0.2, 0) is 11.4 Å². The highest BCUT2D eigenvalue weighted by Gasteiger charge is 2.14. The highest BCUT2D eigenvalue weighted by molar-refractivity contribution is 7.22. The van der Waals surface area contributed by atoms with Crippen molar-refractivity contribution in [1.82, 2.24) is 4.98 Å². The molecule has 0 saturated carbocycles. The lowest BCUT2D eigenvalue weighted by atomic mass is 10.1. The molecule has 0 unspecified atom stereocenters. The molecule has 6 nitrogen and oxygen atoms in total. The van der Waals surface area contributed by atoms with Gasteiger partial charge in [-0.05, 0) is 48.4 Å². The summed E-state index contributed by atoms with van der Waals surface area (Å²) in [5.41, 5.74) is 2.46. The number of aromatic nitrogens is 1. The van der Waals surface area contributed by atoms with Gasteiger partial charge in [-0.15, -0.1) is 0 Å². The van der Waals surface area contributed by atoms with E-state index in [4.69, 9.17) is 9.47 Å². The molecule has 3 aromatic carbocycles. The van der Waals surface area contributed by atoms with E-state index in [-0.39, 0.29) is 5.57 Å². The number of thiazole rings is 1. The molecule has 1 aromatic heterocycles. The van der Waals surface area contributed by atoms with Crippen LogP contribution < -0.4 is 14.8 Å². The number of benzene rings is 3. The third kappa shape index (κ3) is 5.56. The van der Waals surface area contributed by atoms with Crippen LogP contribution in [0, 0.1) is 11.3 Å². The molecule has 0 radical (unpaired) electrons. The summed E-state index contributed by atoms with van der Waals surface area (Å²) in [5.74, 6) is 0.625. The fourth-order valence-electron chi connectivity index (χ4n) is 3.14. The summed E-state index contributed by atoms with van der Waals surface area (Å²) in [7, 11) is 0. The summed E-state index contributed by atoms with van der Waals surface area (Å²) in [4.78, 5) is 17.1. The Labute approximate surface area is 195 Å². The standard InChI is InChI=1S/C26H21N3O3S/c1-2-31-23-15-19(12-13-22(23)32-17-18-8-4-3-5-9-18)14-20(16-27)25(30)29-26-28-21-10-6-7-11-24(21)33-26/h3-15H,2,17H2,1H3,(H,28,29,30)/b20-14+. The van der Waals surface area contributed by atoms with Gasteiger partial charge in [0.2, 0.25) is 0 Å². The zero-order chi connectivity index (χ0) is 23.0. The molecule has 4 rings (SSSR count). The monoisotopic (exact) mass is 455 g/mol. The van der Waals surface area contributed by atoms with Crippen molar-refractivity contribution < 1.29 is 14.3 Å². The Balaban J connectivity index is 1.51. The number of nitrogens with one attached hydrogen (secondary N) is 1. The van der Waals surface area contributed by atoms with Crippen LogP contribution in [0.1, 0.15) is 18.1 Å². The maximum absolute atomic E-state index is 12.7. The molecule has 4 aromatic rings. The first-order chi connectivity index (χ1) is 16.2. The van der Waals surface area contributed by atoms with Crippen LogP contribution in [0.25, 0.3) is 16.3 Å². The Bertz CT molecular complexity index is 1310. The molecule has 0 saturated heterocycles. The molecule has 33 heavy (non-hydrogen) atoms. The van der Waals surface area contributed by atoms with E-state index in [1.54, 1.807) is 18.2 Å². The van der Waals surface area contributed by atoms with Crippen molar-refractivity contribution in [2.45, 2.75) is 13.5 Å². The Hall–Kier alpha value is -4.15. The molecule has 7 heteroatoms. The summed E-state index contributed by atoms with van der Waals surface area (Å²) in [6.07, 6.45) is 1.52. The molecule has 164 valence electrons. The topological polar surface area (TPSA) is 84.2 Å². The first-order valence-electron chi connectivity index (χ1n) is 10.4. The minimum absolute atomic E-state index is 0.0327. The molecule has 0 spiro atoms. The minimum atomic E-state index is -0.515. The van der Waals surface area contributed by atoms with E-state index < -0.39 is 5.91 Å². The second-order valence-electron chi connectivity index (χ2n) is 7.02. The minimum Gasteiger partial charge on any atom is -0.490 e. The third-order valence-corrected chi connectivity index (χ3v) is 5.65. The Morgan fingerprint density at radius 3 is 2.61 bits per heavy atom. The molecule has 1 N–H and O–H groups in total. The first kappa shape index (κ1) is 22.1. The second kappa shape index (κ2) is 10.4. The molecule has 0 fully saturated rings. The van der Waals surface area contributed by atoms with Gasteiger partial charge in [0, 0.05) is 0 Å². The maximum atomic E-state index is 12.7. The van der Waals surface area contributed by atoms with Crippen molar-refractivity contribution in [2.24, 2.45) is 0 Å². The molecule has 0 atom stereocenters. The van der Waals surface area contributed by atoms with Crippen LogP contribution in [0.15, 0.2) is 78.4 Å². The zero-order valence-electron chi connectivity index (χ0n) is 17.9. The quantitative estimate of drug-likeness (QED) is 0.267. The second-order valence-corrected chi connectivity index (χ2v) is 8.05. The highest BCUT2D eigenvalue weighted by Crippen LogP contribution is 2.30. The van der Waals surface area contributed by atoms with E-state index in [0.717, 1.165) is 15.8 Å². The number of ether oxygens (including phenoxy) is 2. The number of para-hydroxylation sites is 1. The molecule has 1 amide bonds. The van der Waals surface area contributed by atoms with Crippen LogP contribution >= 0.6 is 11.3 Å². The summed E-state index contributed by atoms with van der Waals surface area (Å²) >= 11 is 1.36. The van der Waals surface area contributed by atoms with Gasteiger partial charge >= 0.3 is 0 Å². The Kier molecular flexibility index (Phi) is 6.98. The molecular formula is C26H21N3O3S. The Morgan fingerprint density at radius 2 is 1.85 bits per heavy atom. The molecule has 0 aliphatic heterocycles. The van der Waals surface area contributed by atoms with Gasteiger partial charge in [-0.25, -0.2) is 4.98 Å². The van der Waals surface area contributed by atoms with E-state index >= 15 is 0 Å². The van der Waals surface area contributed by atoms with E-state index in [2.05, 4.69) is 10.3 Å². The van der Waals surface area contributed by atoms with Gasteiger partial charge in [0.05, 0.1) is 16.8 Å². The fraction of sp³-hybridized carbons (Fsp3) is 0.115. The lowest BCUT2D eigenvalue weighted by molar-refractivity contribution is -0.112. The SMILES string of the molecule is CCOc1cc(/C=C(\C#N)C(=O)Nc2nc3ccccc3s2)ccc1OCc1ccccc1. The van der Waals surface area contributed by atoms with Gasteiger partial charge in [0.15, 0.2) is 16.6 Å². The normalized spacial score (nSPS) is 11.1. The molecule has 0 bridgehead atoms. The molecular weight excluding hydrogens is 434 g/mol. The van der Waals surface area contributed by atoms with Gasteiger partial charge < -0.3 is 9.47 Å². The van der Waals surface area contributed by atoms with Crippen molar-refractivity contribution in [3.8, 4) is 17.6 Å². The number of carbonyl (C=O) groups is 1. The number of nitrogens with zero attached hydrogens (tertiary/aromatic N) is 2. The van der Waals surface area contributed by atoms with Crippen LogP contribution in [0.3, 0.4) is 0 Å². The summed E-state index contributed by atoms with van der Waals surface area (Å²) in [6.45, 7) is 2.75. The van der Waals surface area contributed by atoms with Crippen LogP contribution in [-0.4, -0.2) is 17.5 Å². The van der Waals surface area contributed by atoms with Crippen LogP contribution in [0.5, 0.6) is 11.5 Å². The maximum Gasteiger partial charge on any atom is 0.268 e. The van der Waals surface area contributed by atoms with E-state index in [1.165, 1.54) is 17.4 Å². The number of amides is 1. The largest absolute Gasteiger partial charge is 0.490 e. The van der Waals surface area contributed by atoms with E-state index in [0.29, 0.717) is 35.4 Å². The zero-order valence-corrected chi connectivity index (χ0v) is 18.8. The molecule has 0 aliphatic rings. The van der Waals surface area contributed by atoms with Crippen molar-refractivity contribution in [3.63, 3.8) is 0 Å². The Morgan fingerprint density at radius 1 is 1.06 bits per heavy atom. The summed E-state index contributed by atoms with van der Waals surface area (Å²) < 4.78 is 12.6. The average molecular weight is 456 g/mol. The van der Waals surface area contributed by atoms with Crippen molar-refractivity contribution >= 4 is 38.7 Å². The number of fused-ring (bicyclic) bond motifs is 1. The van der Waals surface area contributed by atoms with Crippen molar-refractivity contribution in [1.29, 1.82) is 5.26 Å². The van der Waals surface area contributed by atoms with Crippen molar-refractivity contribution in [2.75, 3.05) is 11.9 Å². The number of anilines is 1. The third-order valence-electron chi connectivity index (χ3n) is 4.70. The summed E-state index contributed by atoms with van der Waals surface area (Å²) in [6, 6.07) is 24.7. The van der Waals surface area contributed by atoms with Gasteiger partial charge in [0.1, 0.15) is 18.2 Å². The number of hydrogen-bond donors (Lipinski definition) is 1. The van der Waals surface area contributed by atoms with Gasteiger partial charge in [0.25, 0.3) is 5.91 Å². The molecule has 1 heterocycles. The first-order valence-corrected chi connectivity index (χ1v) is 11.2. The fourth-order valence-corrected chi connectivity index (χ4v) is 4.00. The van der Waals surface area contributed by atoms with Crippen LogP contribution in [0.2, 0.25) is 0 Å². The van der Waals surface area contributed by atoms with E-state index in [1.807, 2.05) is 67.6 Å². The lowest BCUT2D eigenvalue weighted by Crippen LogP contribution is -2.13. The van der Waals surface area contributed by atoms with Gasteiger partial charge in [-0.3, -0.25) is 10.1 Å².